The number of carbonyl (C=O) groups excluding carboxylic acids is 2. The van der Waals surface area contributed by atoms with E-state index in [0.717, 1.165) is 0 Å². The molecule has 6 heteroatoms. The summed E-state index contributed by atoms with van der Waals surface area (Å²) in [7, 11) is 0. The largest absolute Gasteiger partial charge is 0.327 e. The van der Waals surface area contributed by atoms with E-state index in [2.05, 4.69) is 10.6 Å². The van der Waals surface area contributed by atoms with Gasteiger partial charge in [-0.3, -0.25) is 4.79 Å². The first-order chi connectivity index (χ1) is 11.5. The van der Waals surface area contributed by atoms with Crippen molar-refractivity contribution in [2.45, 2.75) is 13.0 Å². The molecule has 0 spiro atoms. The van der Waals surface area contributed by atoms with E-state index in [1.54, 1.807) is 49.4 Å². The first-order valence-corrected chi connectivity index (χ1v) is 8.06. The molecule has 1 heterocycles. The van der Waals surface area contributed by atoms with Crippen LogP contribution in [0.3, 0.4) is 0 Å². The Labute approximate surface area is 149 Å². The molecular formula is C18H14Cl2N2O2. The third kappa shape index (κ3) is 3.03. The van der Waals surface area contributed by atoms with Gasteiger partial charge in [-0.2, -0.15) is 0 Å². The molecule has 122 valence electrons. The standard InChI is InChI=1S/C18H14Cl2N2O2/c1-10-14(17(23)11-6-3-2-4-7-11)16(22-18(24)21-10)15-12(19)8-5-9-13(15)20/h2-9,16H,1H3,(H2,21,22,24)/t16-/m1/s1. The number of allylic oxidation sites excluding steroid dienone is 1. The van der Waals surface area contributed by atoms with E-state index in [9.17, 15) is 9.59 Å². The van der Waals surface area contributed by atoms with E-state index < -0.39 is 12.1 Å². The molecule has 2 amide bonds. The van der Waals surface area contributed by atoms with E-state index in [0.29, 0.717) is 32.4 Å². The van der Waals surface area contributed by atoms with Crippen molar-refractivity contribution in [1.82, 2.24) is 10.6 Å². The van der Waals surface area contributed by atoms with Crippen LogP contribution in [0.25, 0.3) is 0 Å². The summed E-state index contributed by atoms with van der Waals surface area (Å²) in [6, 6.07) is 12.8. The fraction of sp³-hybridized carbons (Fsp3) is 0.111. The molecule has 24 heavy (non-hydrogen) atoms. The number of benzene rings is 2. The molecule has 0 fully saturated rings. The van der Waals surface area contributed by atoms with Gasteiger partial charge in [0.1, 0.15) is 0 Å². The number of rotatable bonds is 3. The minimum absolute atomic E-state index is 0.193. The quantitative estimate of drug-likeness (QED) is 0.791. The number of carbonyl (C=O) groups is 2. The lowest BCUT2D eigenvalue weighted by molar-refractivity contribution is 0.102. The SMILES string of the molecule is CC1=C(C(=O)c2ccccc2)[C@H](c2c(Cl)cccc2Cl)NC(=O)N1. The summed E-state index contributed by atoms with van der Waals surface area (Å²) in [5.41, 5.74) is 1.93. The van der Waals surface area contributed by atoms with Crippen LogP contribution in [0.15, 0.2) is 59.8 Å². The van der Waals surface area contributed by atoms with Crippen LogP contribution >= 0.6 is 23.2 Å². The number of halogens is 2. The fourth-order valence-corrected chi connectivity index (χ4v) is 3.36. The molecule has 0 aromatic heterocycles. The molecule has 0 saturated carbocycles. The van der Waals surface area contributed by atoms with Gasteiger partial charge in [-0.25, -0.2) is 4.79 Å². The second-order valence-corrected chi connectivity index (χ2v) is 6.22. The van der Waals surface area contributed by atoms with E-state index in [1.165, 1.54) is 0 Å². The smallest absolute Gasteiger partial charge is 0.319 e. The predicted molar refractivity (Wildman–Crippen MR) is 94.3 cm³/mol. The van der Waals surface area contributed by atoms with Crippen molar-refractivity contribution in [2.24, 2.45) is 0 Å². The minimum atomic E-state index is -0.715. The van der Waals surface area contributed by atoms with Crippen molar-refractivity contribution in [2.75, 3.05) is 0 Å². The highest BCUT2D eigenvalue weighted by molar-refractivity contribution is 6.36. The van der Waals surface area contributed by atoms with Crippen LogP contribution in [-0.2, 0) is 0 Å². The van der Waals surface area contributed by atoms with Gasteiger partial charge in [-0.1, -0.05) is 59.6 Å². The number of urea groups is 1. The Hall–Kier alpha value is -2.30. The Balaban J connectivity index is 2.15. The molecule has 2 aromatic carbocycles. The number of nitrogens with one attached hydrogen (secondary N) is 2. The molecule has 2 aromatic rings. The van der Waals surface area contributed by atoms with E-state index >= 15 is 0 Å². The third-order valence-corrected chi connectivity index (χ3v) is 4.50. The Morgan fingerprint density at radius 2 is 1.62 bits per heavy atom. The fourth-order valence-electron chi connectivity index (χ4n) is 2.74. The van der Waals surface area contributed by atoms with Crippen LogP contribution in [0.4, 0.5) is 4.79 Å². The number of ketones is 1. The lowest BCUT2D eigenvalue weighted by atomic mass is 9.89. The molecule has 1 atom stereocenters. The summed E-state index contributed by atoms with van der Waals surface area (Å²) < 4.78 is 0. The Kier molecular flexibility index (Phi) is 4.60. The van der Waals surface area contributed by atoms with Crippen LogP contribution in [0.5, 0.6) is 0 Å². The molecule has 1 aliphatic heterocycles. The van der Waals surface area contributed by atoms with Crippen molar-refractivity contribution in [3.8, 4) is 0 Å². The van der Waals surface area contributed by atoms with Crippen LogP contribution in [0.2, 0.25) is 10.0 Å². The summed E-state index contributed by atoms with van der Waals surface area (Å²) in [6.07, 6.45) is 0. The molecule has 0 radical (unpaired) electrons. The second kappa shape index (κ2) is 6.67. The van der Waals surface area contributed by atoms with Gasteiger partial charge in [-0.15, -0.1) is 0 Å². The van der Waals surface area contributed by atoms with Gasteiger partial charge in [0.2, 0.25) is 0 Å². The maximum Gasteiger partial charge on any atom is 0.319 e. The van der Waals surface area contributed by atoms with Crippen LogP contribution in [-0.4, -0.2) is 11.8 Å². The van der Waals surface area contributed by atoms with Crippen molar-refractivity contribution < 1.29 is 9.59 Å². The van der Waals surface area contributed by atoms with Crippen molar-refractivity contribution in [1.29, 1.82) is 0 Å². The average Bonchev–Trinajstić information content (AvgIpc) is 2.54. The summed E-state index contributed by atoms with van der Waals surface area (Å²) in [4.78, 5) is 24.9. The molecule has 0 aliphatic carbocycles. The minimum Gasteiger partial charge on any atom is -0.327 e. The Morgan fingerprint density at radius 3 is 2.25 bits per heavy atom. The van der Waals surface area contributed by atoms with Gasteiger partial charge in [-0.05, 0) is 19.1 Å². The molecular weight excluding hydrogens is 347 g/mol. The number of Topliss-reactive ketones (excluding diaryl/α,β-unsaturated/α-hetero) is 1. The normalized spacial score (nSPS) is 17.3. The van der Waals surface area contributed by atoms with Crippen molar-refractivity contribution in [3.63, 3.8) is 0 Å². The number of hydrogen-bond donors (Lipinski definition) is 2. The lowest BCUT2D eigenvalue weighted by Crippen LogP contribution is -2.45. The summed E-state index contributed by atoms with van der Waals surface area (Å²) in [6.45, 7) is 1.69. The van der Waals surface area contributed by atoms with Gasteiger partial charge in [0.05, 0.1) is 6.04 Å². The average molecular weight is 361 g/mol. The Morgan fingerprint density at radius 1 is 1.00 bits per heavy atom. The van der Waals surface area contributed by atoms with E-state index in [1.807, 2.05) is 6.07 Å². The van der Waals surface area contributed by atoms with Gasteiger partial charge < -0.3 is 10.6 Å². The zero-order valence-electron chi connectivity index (χ0n) is 12.8. The maximum absolute atomic E-state index is 13.0. The maximum atomic E-state index is 13.0. The number of hydrogen-bond acceptors (Lipinski definition) is 2. The molecule has 0 unspecified atom stereocenters. The van der Waals surface area contributed by atoms with E-state index in [4.69, 9.17) is 23.2 Å². The molecule has 2 N–H and O–H groups in total. The Bertz CT molecular complexity index is 827. The van der Waals surface area contributed by atoms with E-state index in [-0.39, 0.29) is 5.78 Å². The van der Waals surface area contributed by atoms with Crippen LogP contribution < -0.4 is 10.6 Å². The lowest BCUT2D eigenvalue weighted by Gasteiger charge is -2.29. The highest BCUT2D eigenvalue weighted by Crippen LogP contribution is 2.37. The van der Waals surface area contributed by atoms with Gasteiger partial charge in [0.15, 0.2) is 5.78 Å². The zero-order chi connectivity index (χ0) is 17.3. The van der Waals surface area contributed by atoms with Crippen LogP contribution in [0, 0.1) is 0 Å². The van der Waals surface area contributed by atoms with Crippen molar-refractivity contribution >= 4 is 35.0 Å². The molecule has 0 bridgehead atoms. The predicted octanol–water partition coefficient (Wildman–Crippen LogP) is 4.50. The topological polar surface area (TPSA) is 58.2 Å². The molecule has 1 aliphatic rings. The number of amides is 2. The molecule has 4 nitrogen and oxygen atoms in total. The highest BCUT2D eigenvalue weighted by atomic mass is 35.5. The van der Waals surface area contributed by atoms with Gasteiger partial charge in [0, 0.05) is 32.4 Å². The summed E-state index contributed by atoms with van der Waals surface area (Å²) in [5, 5.41) is 6.17. The first kappa shape index (κ1) is 16.6. The molecule has 0 saturated heterocycles. The molecule has 3 rings (SSSR count). The van der Waals surface area contributed by atoms with Gasteiger partial charge >= 0.3 is 6.03 Å². The zero-order valence-corrected chi connectivity index (χ0v) is 14.3. The van der Waals surface area contributed by atoms with Crippen LogP contribution in [0.1, 0.15) is 28.9 Å². The van der Waals surface area contributed by atoms with Gasteiger partial charge in [0.25, 0.3) is 0 Å². The first-order valence-electron chi connectivity index (χ1n) is 7.31. The highest BCUT2D eigenvalue weighted by Gasteiger charge is 2.33. The monoisotopic (exact) mass is 360 g/mol. The van der Waals surface area contributed by atoms with Crippen molar-refractivity contribution in [3.05, 3.63) is 81.0 Å². The summed E-state index contributed by atoms with van der Waals surface area (Å²) >= 11 is 12.6. The second-order valence-electron chi connectivity index (χ2n) is 5.40. The summed E-state index contributed by atoms with van der Waals surface area (Å²) in [5.74, 6) is -0.193. The third-order valence-electron chi connectivity index (χ3n) is 3.84.